The molecule has 0 saturated heterocycles. The summed E-state index contributed by atoms with van der Waals surface area (Å²) in [6.07, 6.45) is 0.642. The number of aryl methyl sites for hydroxylation is 1. The number of nitrogens with zero attached hydrogens (tertiary/aromatic N) is 4. The minimum absolute atomic E-state index is 0.0819. The Balaban J connectivity index is 1.27. The van der Waals surface area contributed by atoms with E-state index in [1.807, 2.05) is 43.3 Å². The van der Waals surface area contributed by atoms with Gasteiger partial charge in [-0.25, -0.2) is 14.8 Å². The highest BCUT2D eigenvalue weighted by molar-refractivity contribution is 7.99. The Bertz CT molecular complexity index is 1780. The standard InChI is InChI=1S/C33H30N4O3S/c1-3-36-29-17-16-26(32(39)40-4-2)19-28(29)34-33(36)41-21-31(38)37-30(23-11-6-5-7-12-23)20-27(35-37)25-15-14-22-10-8-9-13-24(22)18-25/h5-19,30H,3-4,20-21H2,1-2H3. The summed E-state index contributed by atoms with van der Waals surface area (Å²) >= 11 is 1.39. The average Bonchev–Trinajstić information content (AvgIpc) is 3.62. The molecule has 7 nitrogen and oxygen atoms in total. The van der Waals surface area contributed by atoms with E-state index in [1.165, 1.54) is 17.1 Å². The number of esters is 1. The zero-order chi connectivity index (χ0) is 28.3. The van der Waals surface area contributed by atoms with Gasteiger partial charge in [0.1, 0.15) is 0 Å². The first-order valence-electron chi connectivity index (χ1n) is 13.8. The van der Waals surface area contributed by atoms with Crippen LogP contribution in [0.5, 0.6) is 0 Å². The SMILES string of the molecule is CCOC(=O)c1ccc2c(c1)nc(SCC(=O)N1N=C(c3ccc4ccccc4c3)CC1c1ccccc1)n2CC. The fourth-order valence-corrected chi connectivity index (χ4v) is 6.21. The second-order valence-electron chi connectivity index (χ2n) is 9.83. The molecule has 0 N–H and O–H groups in total. The number of hydrazone groups is 1. The fourth-order valence-electron chi connectivity index (χ4n) is 5.28. The first-order valence-corrected chi connectivity index (χ1v) is 14.8. The third kappa shape index (κ3) is 5.35. The molecule has 0 aliphatic carbocycles. The highest BCUT2D eigenvalue weighted by Crippen LogP contribution is 2.34. The lowest BCUT2D eigenvalue weighted by Gasteiger charge is -2.22. The van der Waals surface area contributed by atoms with Crippen LogP contribution in [0.1, 0.15) is 47.8 Å². The second kappa shape index (κ2) is 11.6. The molecule has 5 aromatic rings. The first kappa shape index (κ1) is 26.8. The summed E-state index contributed by atoms with van der Waals surface area (Å²) in [4.78, 5) is 30.7. The van der Waals surface area contributed by atoms with Gasteiger partial charge >= 0.3 is 5.97 Å². The molecule has 1 amide bonds. The summed E-state index contributed by atoms with van der Waals surface area (Å²) in [6.45, 7) is 4.82. The maximum Gasteiger partial charge on any atom is 0.338 e. The van der Waals surface area contributed by atoms with Gasteiger partial charge < -0.3 is 9.30 Å². The topological polar surface area (TPSA) is 76.8 Å². The Kier molecular flexibility index (Phi) is 7.57. The Morgan fingerprint density at radius 2 is 1.71 bits per heavy atom. The number of thioether (sulfide) groups is 1. The van der Waals surface area contributed by atoms with E-state index in [-0.39, 0.29) is 23.7 Å². The van der Waals surface area contributed by atoms with Gasteiger partial charge in [-0.3, -0.25) is 4.79 Å². The molecule has 1 aliphatic heterocycles. The molecular weight excluding hydrogens is 532 g/mol. The number of rotatable bonds is 8. The minimum atomic E-state index is -0.370. The van der Waals surface area contributed by atoms with E-state index in [4.69, 9.17) is 14.8 Å². The molecule has 2 heterocycles. The Hall–Kier alpha value is -4.43. The third-order valence-corrected chi connectivity index (χ3v) is 8.26. The second-order valence-corrected chi connectivity index (χ2v) is 10.8. The van der Waals surface area contributed by atoms with Gasteiger partial charge in [-0.2, -0.15) is 5.10 Å². The summed E-state index contributed by atoms with van der Waals surface area (Å²) < 4.78 is 7.20. The number of benzene rings is 4. The van der Waals surface area contributed by atoms with E-state index in [1.54, 1.807) is 24.1 Å². The predicted molar refractivity (Wildman–Crippen MR) is 163 cm³/mol. The van der Waals surface area contributed by atoms with E-state index in [0.29, 0.717) is 30.7 Å². The summed E-state index contributed by atoms with van der Waals surface area (Å²) in [5.74, 6) is -0.265. The van der Waals surface area contributed by atoms with Crippen molar-refractivity contribution >= 4 is 51.2 Å². The van der Waals surface area contributed by atoms with E-state index in [9.17, 15) is 9.59 Å². The molecule has 0 radical (unpaired) electrons. The predicted octanol–water partition coefficient (Wildman–Crippen LogP) is 6.86. The number of ether oxygens (including phenoxy) is 1. The Morgan fingerprint density at radius 3 is 2.49 bits per heavy atom. The van der Waals surface area contributed by atoms with Crippen LogP contribution in [0.25, 0.3) is 21.8 Å². The normalized spacial score (nSPS) is 14.9. The summed E-state index contributed by atoms with van der Waals surface area (Å²) in [6, 6.07) is 29.9. The molecule has 4 aromatic carbocycles. The lowest BCUT2D eigenvalue weighted by molar-refractivity contribution is -0.130. The zero-order valence-corrected chi connectivity index (χ0v) is 23.8. The van der Waals surface area contributed by atoms with Crippen molar-refractivity contribution in [1.29, 1.82) is 0 Å². The van der Waals surface area contributed by atoms with Gasteiger partial charge in [0.05, 0.1) is 40.7 Å². The van der Waals surface area contributed by atoms with Crippen molar-refractivity contribution < 1.29 is 14.3 Å². The highest BCUT2D eigenvalue weighted by atomic mass is 32.2. The van der Waals surface area contributed by atoms with Crippen molar-refractivity contribution in [1.82, 2.24) is 14.6 Å². The number of imidazole rings is 1. The molecule has 6 rings (SSSR count). The largest absolute Gasteiger partial charge is 0.462 e. The molecule has 1 aromatic heterocycles. The number of aromatic nitrogens is 2. The molecule has 1 unspecified atom stereocenters. The van der Waals surface area contributed by atoms with Gasteiger partial charge in [0.2, 0.25) is 0 Å². The molecule has 0 spiro atoms. The van der Waals surface area contributed by atoms with Gasteiger partial charge in [-0.1, -0.05) is 78.5 Å². The molecule has 1 atom stereocenters. The number of fused-ring (bicyclic) bond motifs is 2. The third-order valence-electron chi connectivity index (χ3n) is 7.30. The summed E-state index contributed by atoms with van der Waals surface area (Å²) in [5, 5.41) is 9.57. The Morgan fingerprint density at radius 1 is 0.927 bits per heavy atom. The molecule has 206 valence electrons. The molecular formula is C33H30N4O3S. The molecule has 1 aliphatic rings. The van der Waals surface area contributed by atoms with Crippen LogP contribution in [0.4, 0.5) is 0 Å². The van der Waals surface area contributed by atoms with E-state index in [2.05, 4.69) is 47.0 Å². The van der Waals surface area contributed by atoms with Crippen molar-refractivity contribution in [2.24, 2.45) is 5.10 Å². The van der Waals surface area contributed by atoms with Crippen molar-refractivity contribution in [3.63, 3.8) is 0 Å². The van der Waals surface area contributed by atoms with Crippen LogP contribution in [0, 0.1) is 0 Å². The highest BCUT2D eigenvalue weighted by Gasteiger charge is 2.33. The number of hydrogen-bond donors (Lipinski definition) is 0. The first-order chi connectivity index (χ1) is 20.1. The van der Waals surface area contributed by atoms with Crippen molar-refractivity contribution in [3.05, 3.63) is 108 Å². The number of hydrogen-bond acceptors (Lipinski definition) is 6. The number of carbonyl (C=O) groups excluding carboxylic acids is 2. The number of amides is 1. The Labute approximate surface area is 242 Å². The van der Waals surface area contributed by atoms with Crippen LogP contribution in [-0.2, 0) is 16.1 Å². The number of carbonyl (C=O) groups is 2. The van der Waals surface area contributed by atoms with E-state index in [0.717, 1.165) is 32.9 Å². The van der Waals surface area contributed by atoms with Gasteiger partial charge in [0.25, 0.3) is 5.91 Å². The van der Waals surface area contributed by atoms with Crippen molar-refractivity contribution in [2.45, 2.75) is 38.0 Å². The van der Waals surface area contributed by atoms with Gasteiger partial charge in [-0.15, -0.1) is 0 Å². The van der Waals surface area contributed by atoms with Gasteiger partial charge in [0, 0.05) is 13.0 Å². The van der Waals surface area contributed by atoms with Crippen LogP contribution >= 0.6 is 11.8 Å². The lowest BCUT2D eigenvalue weighted by Crippen LogP contribution is -2.28. The molecule has 41 heavy (non-hydrogen) atoms. The summed E-state index contributed by atoms with van der Waals surface area (Å²) in [7, 11) is 0. The van der Waals surface area contributed by atoms with Crippen molar-refractivity contribution in [3.8, 4) is 0 Å². The van der Waals surface area contributed by atoms with Gasteiger partial charge in [0.15, 0.2) is 5.16 Å². The molecule has 0 saturated carbocycles. The average molecular weight is 563 g/mol. The quantitative estimate of drug-likeness (QED) is 0.153. The molecule has 0 bridgehead atoms. The zero-order valence-electron chi connectivity index (χ0n) is 23.0. The van der Waals surface area contributed by atoms with Crippen LogP contribution in [0.3, 0.4) is 0 Å². The molecule has 0 fully saturated rings. The van der Waals surface area contributed by atoms with E-state index >= 15 is 0 Å². The van der Waals surface area contributed by atoms with Crippen molar-refractivity contribution in [2.75, 3.05) is 12.4 Å². The van der Waals surface area contributed by atoms with Gasteiger partial charge in [-0.05, 0) is 60.0 Å². The van der Waals surface area contributed by atoms with Crippen LogP contribution < -0.4 is 0 Å². The maximum absolute atomic E-state index is 13.7. The summed E-state index contributed by atoms with van der Waals surface area (Å²) in [5.41, 5.74) is 5.06. The van der Waals surface area contributed by atoms with E-state index < -0.39 is 0 Å². The minimum Gasteiger partial charge on any atom is -0.462 e. The maximum atomic E-state index is 13.7. The molecule has 8 heteroatoms. The lowest BCUT2D eigenvalue weighted by atomic mass is 9.97. The monoisotopic (exact) mass is 562 g/mol. The van der Waals surface area contributed by atoms with Crippen LogP contribution in [0.15, 0.2) is 101 Å². The smallest absolute Gasteiger partial charge is 0.338 e. The van der Waals surface area contributed by atoms with Crippen LogP contribution in [0.2, 0.25) is 0 Å². The van der Waals surface area contributed by atoms with Crippen LogP contribution in [-0.4, -0.2) is 44.5 Å². The fraction of sp³-hybridized carbons (Fsp3) is 0.212.